The third-order valence-electron chi connectivity index (χ3n) is 11.8. The van der Waals surface area contributed by atoms with Crippen LogP contribution in [0.4, 0.5) is 0 Å². The predicted octanol–water partition coefficient (Wildman–Crippen LogP) is 1.74. The van der Waals surface area contributed by atoms with Crippen molar-refractivity contribution in [1.29, 1.82) is 0 Å². The number of hydrogen-bond acceptors (Lipinski definition) is 10. The lowest BCUT2D eigenvalue weighted by molar-refractivity contribution is -0.258. The molecule has 222 valence electrons. The quantitative estimate of drug-likeness (QED) is 0.238. The highest BCUT2D eigenvalue weighted by Gasteiger charge is 2.93. The molecule has 2 aliphatic heterocycles. The standard InChI is InChI=1S/C32H35NO9/c1-14-20-22(37)21-26-32-24(18(33(26)5)11-31(21,27(14)38)25(32)23(20)40-15(2)35)30(4,13-34)12-19(28(32)41-16(3)36)42-29(39)17-9-7-6-8-10-17/h6-10,13,18-21,23-28,38H,1,11-12H2,2-5H3/t18-,19-,20-,21+,23+,24+,25+,26+,27+,28+,30-,31+,32+/m0/s1. The van der Waals surface area contributed by atoms with Crippen molar-refractivity contribution in [1.82, 2.24) is 4.90 Å². The van der Waals surface area contributed by atoms with Crippen molar-refractivity contribution in [3.8, 4) is 0 Å². The molecule has 1 aromatic rings. The van der Waals surface area contributed by atoms with Gasteiger partial charge < -0.3 is 24.1 Å². The Morgan fingerprint density at radius 1 is 1.05 bits per heavy atom. The van der Waals surface area contributed by atoms with Crippen LogP contribution < -0.4 is 0 Å². The number of carbonyl (C=O) groups is 5. The zero-order valence-corrected chi connectivity index (χ0v) is 24.0. The maximum Gasteiger partial charge on any atom is 0.338 e. The fraction of sp³-hybridized carbons (Fsp3) is 0.594. The summed E-state index contributed by atoms with van der Waals surface area (Å²) in [4.78, 5) is 68.4. The van der Waals surface area contributed by atoms with Crippen LogP contribution in [0.1, 0.15) is 44.0 Å². The summed E-state index contributed by atoms with van der Waals surface area (Å²) in [7, 11) is 1.91. The number of nitrogens with zero attached hydrogens (tertiary/aromatic N) is 1. The Morgan fingerprint density at radius 2 is 1.71 bits per heavy atom. The molecule has 42 heavy (non-hydrogen) atoms. The first-order chi connectivity index (χ1) is 19.9. The van der Waals surface area contributed by atoms with Crippen LogP contribution in [0.3, 0.4) is 0 Å². The first kappa shape index (κ1) is 27.5. The number of benzene rings is 1. The first-order valence-corrected chi connectivity index (χ1v) is 14.6. The minimum absolute atomic E-state index is 0.103. The maximum absolute atomic E-state index is 14.3. The summed E-state index contributed by atoms with van der Waals surface area (Å²) >= 11 is 0. The summed E-state index contributed by atoms with van der Waals surface area (Å²) in [5, 5.41) is 11.9. The Morgan fingerprint density at radius 3 is 2.33 bits per heavy atom. The number of hydrogen-bond donors (Lipinski definition) is 1. The van der Waals surface area contributed by atoms with Gasteiger partial charge in [-0.2, -0.15) is 0 Å². The molecular weight excluding hydrogens is 542 g/mol. The summed E-state index contributed by atoms with van der Waals surface area (Å²) in [6.45, 7) is 8.49. The zero-order chi connectivity index (χ0) is 30.1. The van der Waals surface area contributed by atoms with Crippen LogP contribution in [-0.4, -0.2) is 83.5 Å². The number of aldehydes is 1. The van der Waals surface area contributed by atoms with E-state index in [1.54, 1.807) is 30.3 Å². The molecule has 8 fully saturated rings. The molecular formula is C32H35NO9. The smallest absolute Gasteiger partial charge is 0.338 e. The van der Waals surface area contributed by atoms with Gasteiger partial charge in [0.25, 0.3) is 0 Å². The van der Waals surface area contributed by atoms with Crippen LogP contribution in [0.5, 0.6) is 0 Å². The van der Waals surface area contributed by atoms with Crippen molar-refractivity contribution >= 4 is 30.0 Å². The fourth-order valence-electron chi connectivity index (χ4n) is 11.2. The van der Waals surface area contributed by atoms with Gasteiger partial charge in [0.2, 0.25) is 0 Å². The van der Waals surface area contributed by atoms with Crippen molar-refractivity contribution < 1.29 is 43.3 Å². The lowest BCUT2D eigenvalue weighted by atomic mass is 9.38. The minimum atomic E-state index is -1.14. The molecule has 0 unspecified atom stereocenters. The second kappa shape index (κ2) is 8.60. The highest BCUT2D eigenvalue weighted by Crippen LogP contribution is 2.84. The molecule has 1 N–H and O–H groups in total. The molecule has 1 aromatic carbocycles. The molecule has 2 heterocycles. The van der Waals surface area contributed by atoms with Gasteiger partial charge in [-0.05, 0) is 37.1 Å². The van der Waals surface area contributed by atoms with Crippen LogP contribution in [0.25, 0.3) is 0 Å². The molecule has 2 saturated heterocycles. The van der Waals surface area contributed by atoms with E-state index in [0.717, 1.165) is 6.29 Å². The number of aliphatic hydroxyl groups is 1. The molecule has 8 aliphatic rings. The van der Waals surface area contributed by atoms with E-state index in [0.29, 0.717) is 17.6 Å². The third kappa shape index (κ3) is 2.95. The zero-order valence-electron chi connectivity index (χ0n) is 24.0. The lowest BCUT2D eigenvalue weighted by Gasteiger charge is -2.68. The SMILES string of the molecule is C=C1[C@H]2C(=O)[C@@H]3[C@H]4N(C)[C@H]5C[C@]3([C@@H]1O)[C@@H]([C@@H]2OC(C)=O)[C@@]41[C@H](OC(C)=O)[C@@H](OC(=O)c2ccccc2)C[C@@](C)(C=O)[C@@H]51. The van der Waals surface area contributed by atoms with E-state index in [-0.39, 0.29) is 18.2 Å². The monoisotopic (exact) mass is 577 g/mol. The summed E-state index contributed by atoms with van der Waals surface area (Å²) in [5.41, 5.74) is -2.58. The van der Waals surface area contributed by atoms with Crippen LogP contribution in [0.2, 0.25) is 0 Å². The van der Waals surface area contributed by atoms with Gasteiger partial charge in [0.1, 0.15) is 30.4 Å². The van der Waals surface area contributed by atoms with E-state index in [4.69, 9.17) is 14.2 Å². The number of fused-ring (bicyclic) bond motifs is 1. The summed E-state index contributed by atoms with van der Waals surface area (Å²) in [6.07, 6.45) is -2.73. The van der Waals surface area contributed by atoms with Crippen molar-refractivity contribution in [2.75, 3.05) is 7.05 Å². The van der Waals surface area contributed by atoms with Gasteiger partial charge in [0.05, 0.1) is 17.6 Å². The molecule has 0 radical (unpaired) electrons. The normalized spacial score (nSPS) is 47.6. The van der Waals surface area contributed by atoms with E-state index in [1.165, 1.54) is 13.8 Å². The lowest BCUT2D eigenvalue weighted by Crippen LogP contribution is -2.75. The van der Waals surface area contributed by atoms with Gasteiger partial charge in [0.15, 0.2) is 0 Å². The van der Waals surface area contributed by atoms with E-state index in [9.17, 15) is 29.1 Å². The van der Waals surface area contributed by atoms with Gasteiger partial charge in [-0.3, -0.25) is 19.3 Å². The molecule has 0 aromatic heterocycles. The van der Waals surface area contributed by atoms with Crippen molar-refractivity contribution in [2.24, 2.45) is 39.9 Å². The average molecular weight is 578 g/mol. The number of piperidine rings is 1. The topological polar surface area (TPSA) is 137 Å². The van der Waals surface area contributed by atoms with E-state index >= 15 is 0 Å². The van der Waals surface area contributed by atoms with Crippen molar-refractivity contribution in [2.45, 2.75) is 70.1 Å². The molecule has 2 spiro atoms. The second-order valence-corrected chi connectivity index (χ2v) is 13.5. The van der Waals surface area contributed by atoms with Crippen molar-refractivity contribution in [3.05, 3.63) is 48.0 Å². The predicted molar refractivity (Wildman–Crippen MR) is 144 cm³/mol. The summed E-state index contributed by atoms with van der Waals surface area (Å²) < 4.78 is 18.3. The maximum atomic E-state index is 14.3. The Labute approximate surface area is 243 Å². The van der Waals surface area contributed by atoms with Crippen LogP contribution in [-0.2, 0) is 33.4 Å². The van der Waals surface area contributed by atoms with Crippen LogP contribution in [0.15, 0.2) is 42.5 Å². The number of aliphatic hydroxyl groups excluding tert-OH is 1. The van der Waals surface area contributed by atoms with Crippen LogP contribution in [0, 0.1) is 39.9 Å². The molecule has 0 amide bonds. The average Bonchev–Trinajstić information content (AvgIpc) is 3.20. The molecule has 7 bridgehead atoms. The Hall–Kier alpha value is -3.37. The highest BCUT2D eigenvalue weighted by molar-refractivity contribution is 5.94. The molecule has 10 heteroatoms. The number of rotatable bonds is 5. The van der Waals surface area contributed by atoms with E-state index in [1.807, 2.05) is 14.0 Å². The highest BCUT2D eigenvalue weighted by atomic mass is 16.6. The summed E-state index contributed by atoms with van der Waals surface area (Å²) in [6, 6.07) is 7.63. The fourth-order valence-corrected chi connectivity index (χ4v) is 11.2. The third-order valence-corrected chi connectivity index (χ3v) is 11.8. The van der Waals surface area contributed by atoms with E-state index < -0.39 is 88.3 Å². The molecule has 10 nitrogen and oxygen atoms in total. The molecule has 9 rings (SSSR count). The van der Waals surface area contributed by atoms with Crippen molar-refractivity contribution in [3.63, 3.8) is 0 Å². The van der Waals surface area contributed by atoms with Gasteiger partial charge in [-0.1, -0.05) is 31.7 Å². The number of ketones is 1. The van der Waals surface area contributed by atoms with Gasteiger partial charge in [-0.15, -0.1) is 0 Å². The Bertz CT molecular complexity index is 1440. The second-order valence-electron chi connectivity index (χ2n) is 13.5. The number of carbonyl (C=O) groups excluding carboxylic acids is 5. The number of Topliss-reactive ketones (excluding diaryl/α,β-unsaturated/α-hetero) is 1. The summed E-state index contributed by atoms with van der Waals surface area (Å²) in [5.74, 6) is -4.65. The number of esters is 3. The Kier molecular flexibility index (Phi) is 5.62. The largest absolute Gasteiger partial charge is 0.461 e. The van der Waals surface area contributed by atoms with Gasteiger partial charge in [0, 0.05) is 60.4 Å². The van der Waals surface area contributed by atoms with Gasteiger partial charge >= 0.3 is 17.9 Å². The molecule has 6 aliphatic carbocycles. The van der Waals surface area contributed by atoms with Gasteiger partial charge in [-0.25, -0.2) is 4.79 Å². The van der Waals surface area contributed by atoms with Crippen LogP contribution >= 0.6 is 0 Å². The minimum Gasteiger partial charge on any atom is -0.461 e. The van der Waals surface area contributed by atoms with E-state index in [2.05, 4.69) is 11.5 Å². The Balaban J connectivity index is 1.48. The number of ether oxygens (including phenoxy) is 3. The molecule has 6 saturated carbocycles. The first-order valence-electron chi connectivity index (χ1n) is 14.6. The molecule has 13 atom stereocenters.